The van der Waals surface area contributed by atoms with Gasteiger partial charge in [0, 0.05) is 19.2 Å². The predicted molar refractivity (Wildman–Crippen MR) is 101 cm³/mol. The molecule has 1 saturated heterocycles. The van der Waals surface area contributed by atoms with Crippen LogP contribution < -0.4 is 4.74 Å². The summed E-state index contributed by atoms with van der Waals surface area (Å²) in [7, 11) is 1.61. The van der Waals surface area contributed by atoms with Gasteiger partial charge in [-0.15, -0.1) is 0 Å². The zero-order chi connectivity index (χ0) is 18.6. The fourth-order valence-corrected chi connectivity index (χ4v) is 2.99. The Bertz CT molecular complexity index is 960. The Balaban J connectivity index is 1.38. The molecular weight excluding hydrogens is 342 g/mol. The van der Waals surface area contributed by atoms with Crippen molar-refractivity contribution in [2.75, 3.05) is 20.2 Å². The van der Waals surface area contributed by atoms with E-state index in [1.54, 1.807) is 18.1 Å². The van der Waals surface area contributed by atoms with Crippen LogP contribution in [-0.4, -0.2) is 41.1 Å². The molecule has 2 heterocycles. The number of likely N-dealkylation sites (tertiary alicyclic amines) is 1. The van der Waals surface area contributed by atoms with Gasteiger partial charge < -0.3 is 14.2 Å². The zero-order valence-electron chi connectivity index (χ0n) is 14.9. The van der Waals surface area contributed by atoms with Gasteiger partial charge >= 0.3 is 0 Å². The van der Waals surface area contributed by atoms with Crippen molar-refractivity contribution >= 4 is 12.0 Å². The number of rotatable bonds is 5. The van der Waals surface area contributed by atoms with Crippen LogP contribution in [0.15, 0.2) is 65.2 Å². The Kier molecular flexibility index (Phi) is 4.70. The summed E-state index contributed by atoms with van der Waals surface area (Å²) in [6, 6.07) is 17.3. The molecule has 0 atom stereocenters. The van der Waals surface area contributed by atoms with Gasteiger partial charge in [-0.1, -0.05) is 47.6 Å². The van der Waals surface area contributed by atoms with Crippen LogP contribution in [0.5, 0.6) is 5.75 Å². The molecule has 1 aliphatic rings. The normalized spacial score (nSPS) is 14.3. The maximum atomic E-state index is 12.2. The second-order valence-electron chi connectivity index (χ2n) is 6.34. The van der Waals surface area contributed by atoms with Gasteiger partial charge in [-0.2, -0.15) is 4.98 Å². The van der Waals surface area contributed by atoms with Crippen LogP contribution in [0.4, 0.5) is 0 Å². The average Bonchev–Trinajstić information content (AvgIpc) is 3.15. The van der Waals surface area contributed by atoms with Gasteiger partial charge in [0.25, 0.3) is 0 Å². The molecule has 0 spiro atoms. The highest BCUT2D eigenvalue weighted by molar-refractivity contribution is 5.92. The Morgan fingerprint density at radius 1 is 1.15 bits per heavy atom. The number of amides is 1. The molecule has 4 rings (SSSR count). The maximum Gasteiger partial charge on any atom is 0.246 e. The SMILES string of the molecule is COc1ccccc1-c1noc(C2CN(C(=O)/C=C/c3ccccc3)C2)n1. The third-order valence-corrected chi connectivity index (χ3v) is 4.55. The number of benzene rings is 2. The lowest BCUT2D eigenvalue weighted by atomic mass is 10.00. The molecule has 1 amide bonds. The van der Waals surface area contributed by atoms with E-state index in [-0.39, 0.29) is 11.8 Å². The molecule has 0 saturated carbocycles. The van der Waals surface area contributed by atoms with Crippen molar-refractivity contribution < 1.29 is 14.1 Å². The molecule has 1 aromatic heterocycles. The molecule has 6 heteroatoms. The number of para-hydroxylation sites is 1. The lowest BCUT2D eigenvalue weighted by molar-refractivity contribution is -0.130. The third kappa shape index (κ3) is 3.60. The van der Waals surface area contributed by atoms with Crippen LogP contribution >= 0.6 is 0 Å². The van der Waals surface area contributed by atoms with Gasteiger partial charge in [0.05, 0.1) is 18.6 Å². The number of carbonyl (C=O) groups excluding carboxylic acids is 1. The predicted octanol–water partition coefficient (Wildman–Crippen LogP) is 3.38. The maximum absolute atomic E-state index is 12.2. The molecule has 3 aromatic rings. The molecule has 1 aliphatic heterocycles. The number of methoxy groups -OCH3 is 1. The van der Waals surface area contributed by atoms with Crippen LogP contribution in [0.25, 0.3) is 17.5 Å². The smallest absolute Gasteiger partial charge is 0.246 e. The van der Waals surface area contributed by atoms with Gasteiger partial charge in [0.2, 0.25) is 17.6 Å². The summed E-state index contributed by atoms with van der Waals surface area (Å²) in [5.41, 5.74) is 1.79. The van der Waals surface area contributed by atoms with Crippen LogP contribution in [0.1, 0.15) is 17.4 Å². The first kappa shape index (κ1) is 17.0. The minimum Gasteiger partial charge on any atom is -0.496 e. The summed E-state index contributed by atoms with van der Waals surface area (Å²) in [5, 5.41) is 4.06. The molecule has 27 heavy (non-hydrogen) atoms. The van der Waals surface area contributed by atoms with Crippen molar-refractivity contribution in [2.45, 2.75) is 5.92 Å². The fourth-order valence-electron chi connectivity index (χ4n) is 2.99. The van der Waals surface area contributed by atoms with Crippen LogP contribution in [-0.2, 0) is 4.79 Å². The van der Waals surface area contributed by atoms with Gasteiger partial charge in [-0.05, 0) is 23.8 Å². The van der Waals surface area contributed by atoms with Crippen molar-refractivity contribution in [2.24, 2.45) is 0 Å². The van der Waals surface area contributed by atoms with E-state index in [4.69, 9.17) is 9.26 Å². The molecule has 1 fully saturated rings. The van der Waals surface area contributed by atoms with Crippen LogP contribution in [0.2, 0.25) is 0 Å². The van der Waals surface area contributed by atoms with E-state index < -0.39 is 0 Å². The van der Waals surface area contributed by atoms with Gasteiger partial charge in [0.1, 0.15) is 5.75 Å². The van der Waals surface area contributed by atoms with E-state index in [0.717, 1.165) is 11.1 Å². The summed E-state index contributed by atoms with van der Waals surface area (Å²) < 4.78 is 10.7. The molecule has 6 nitrogen and oxygen atoms in total. The lowest BCUT2D eigenvalue weighted by Crippen LogP contribution is -2.47. The van der Waals surface area contributed by atoms with Crippen LogP contribution in [0, 0.1) is 0 Å². The fraction of sp³-hybridized carbons (Fsp3) is 0.190. The van der Waals surface area contributed by atoms with Crippen molar-refractivity contribution in [3.63, 3.8) is 0 Å². The van der Waals surface area contributed by atoms with Gasteiger partial charge in [-0.3, -0.25) is 4.79 Å². The van der Waals surface area contributed by atoms with Crippen molar-refractivity contribution in [3.05, 3.63) is 72.1 Å². The molecule has 136 valence electrons. The van der Waals surface area contributed by atoms with Crippen molar-refractivity contribution in [1.29, 1.82) is 0 Å². The first-order valence-electron chi connectivity index (χ1n) is 8.73. The Hall–Kier alpha value is -3.41. The van der Waals surface area contributed by atoms with E-state index in [0.29, 0.717) is 30.6 Å². The number of carbonyl (C=O) groups is 1. The highest BCUT2D eigenvalue weighted by atomic mass is 16.5. The van der Waals surface area contributed by atoms with Crippen LogP contribution in [0.3, 0.4) is 0 Å². The summed E-state index contributed by atoms with van der Waals surface area (Å²) in [5.74, 6) is 1.79. The molecule has 0 radical (unpaired) electrons. The summed E-state index contributed by atoms with van der Waals surface area (Å²) >= 11 is 0. The van der Waals surface area contributed by atoms with E-state index in [2.05, 4.69) is 10.1 Å². The number of hydrogen-bond acceptors (Lipinski definition) is 5. The number of aromatic nitrogens is 2. The van der Waals surface area contributed by atoms with E-state index in [1.807, 2.05) is 60.7 Å². The highest BCUT2D eigenvalue weighted by Crippen LogP contribution is 2.31. The molecule has 0 unspecified atom stereocenters. The van der Waals surface area contributed by atoms with E-state index >= 15 is 0 Å². The number of nitrogens with zero attached hydrogens (tertiary/aromatic N) is 3. The number of ether oxygens (including phenoxy) is 1. The lowest BCUT2D eigenvalue weighted by Gasteiger charge is -2.36. The second kappa shape index (κ2) is 7.45. The van der Waals surface area contributed by atoms with E-state index in [1.165, 1.54) is 0 Å². The monoisotopic (exact) mass is 361 g/mol. The zero-order valence-corrected chi connectivity index (χ0v) is 14.9. The topological polar surface area (TPSA) is 68.5 Å². The molecule has 0 bridgehead atoms. The second-order valence-corrected chi connectivity index (χ2v) is 6.34. The van der Waals surface area contributed by atoms with Crippen molar-refractivity contribution in [1.82, 2.24) is 15.0 Å². The summed E-state index contributed by atoms with van der Waals surface area (Å²) in [4.78, 5) is 18.5. The quantitative estimate of drug-likeness (QED) is 0.652. The first-order chi connectivity index (χ1) is 13.2. The average molecular weight is 361 g/mol. The van der Waals surface area contributed by atoms with Gasteiger partial charge in [-0.25, -0.2) is 0 Å². The highest BCUT2D eigenvalue weighted by Gasteiger charge is 2.35. The van der Waals surface area contributed by atoms with Gasteiger partial charge in [0.15, 0.2) is 0 Å². The Morgan fingerprint density at radius 2 is 1.89 bits per heavy atom. The molecular formula is C21H19N3O3. The summed E-state index contributed by atoms with van der Waals surface area (Å²) in [6.45, 7) is 1.15. The first-order valence-corrected chi connectivity index (χ1v) is 8.73. The van der Waals surface area contributed by atoms with E-state index in [9.17, 15) is 4.79 Å². The standard InChI is InChI=1S/C21H19N3O3/c1-26-18-10-6-5-9-17(18)20-22-21(27-23-20)16-13-24(14-16)19(25)12-11-15-7-3-2-4-8-15/h2-12,16H,13-14H2,1H3/b12-11+. The minimum atomic E-state index is -0.0143. The Morgan fingerprint density at radius 3 is 2.67 bits per heavy atom. The number of hydrogen-bond donors (Lipinski definition) is 0. The molecule has 0 N–H and O–H groups in total. The minimum absolute atomic E-state index is 0.0143. The molecule has 0 aliphatic carbocycles. The Labute approximate surface area is 157 Å². The largest absolute Gasteiger partial charge is 0.496 e. The molecule has 2 aromatic carbocycles. The van der Waals surface area contributed by atoms with Crippen molar-refractivity contribution in [3.8, 4) is 17.1 Å². The summed E-state index contributed by atoms with van der Waals surface area (Å²) in [6.07, 6.45) is 3.42. The third-order valence-electron chi connectivity index (χ3n) is 4.55.